The molecular formula is C18H17ClN2O. The number of anilines is 1. The molecule has 0 radical (unpaired) electrons. The zero-order valence-corrected chi connectivity index (χ0v) is 13.5. The Kier molecular flexibility index (Phi) is 3.67. The summed E-state index contributed by atoms with van der Waals surface area (Å²) in [6.07, 6.45) is 0. The molecule has 1 amide bonds. The average molecular weight is 313 g/mol. The van der Waals surface area contributed by atoms with E-state index in [9.17, 15) is 4.79 Å². The number of halogens is 1. The summed E-state index contributed by atoms with van der Waals surface area (Å²) < 4.78 is 1.86. The summed E-state index contributed by atoms with van der Waals surface area (Å²) in [5.74, 6) is -0.137. The lowest BCUT2D eigenvalue weighted by atomic mass is 10.1. The first-order valence-electron chi connectivity index (χ1n) is 7.10. The minimum Gasteiger partial charge on any atom is -0.340 e. The molecule has 0 unspecified atom stereocenters. The number of carbonyl (C=O) groups is 1. The van der Waals surface area contributed by atoms with Crippen molar-refractivity contribution in [2.45, 2.75) is 13.8 Å². The van der Waals surface area contributed by atoms with Gasteiger partial charge in [0, 0.05) is 28.7 Å². The Bertz CT molecular complexity index is 880. The number of nitrogens with one attached hydrogen (secondary N) is 1. The van der Waals surface area contributed by atoms with Gasteiger partial charge in [-0.1, -0.05) is 35.4 Å². The van der Waals surface area contributed by atoms with E-state index < -0.39 is 0 Å². The Hall–Kier alpha value is -2.26. The molecular weight excluding hydrogens is 296 g/mol. The minimum absolute atomic E-state index is 0.137. The van der Waals surface area contributed by atoms with Crippen LogP contribution in [0.15, 0.2) is 42.5 Å². The summed E-state index contributed by atoms with van der Waals surface area (Å²) in [5.41, 5.74) is 4.57. The molecule has 0 saturated carbocycles. The largest absolute Gasteiger partial charge is 0.340 e. The van der Waals surface area contributed by atoms with Crippen molar-refractivity contribution in [1.29, 1.82) is 0 Å². The predicted octanol–water partition coefficient (Wildman–Crippen LogP) is 4.70. The maximum atomic E-state index is 12.6. The fraction of sp³-hybridized carbons (Fsp3) is 0.167. The van der Waals surface area contributed by atoms with Gasteiger partial charge in [-0.15, -0.1) is 0 Å². The zero-order chi connectivity index (χ0) is 15.9. The van der Waals surface area contributed by atoms with E-state index in [4.69, 9.17) is 11.6 Å². The highest BCUT2D eigenvalue weighted by Crippen LogP contribution is 2.27. The SMILES string of the molecule is Cc1ccc(NC(=O)c2cc3c(Cl)cccc3n2C)c(C)c1. The van der Waals surface area contributed by atoms with Crippen LogP contribution in [-0.4, -0.2) is 10.5 Å². The van der Waals surface area contributed by atoms with Crippen LogP contribution in [0.3, 0.4) is 0 Å². The van der Waals surface area contributed by atoms with Crippen molar-refractivity contribution in [1.82, 2.24) is 4.57 Å². The topological polar surface area (TPSA) is 34.0 Å². The Morgan fingerprint density at radius 2 is 1.91 bits per heavy atom. The third-order valence-corrected chi connectivity index (χ3v) is 4.23. The molecule has 0 aliphatic carbocycles. The smallest absolute Gasteiger partial charge is 0.272 e. The molecule has 0 aliphatic rings. The Labute approximate surface area is 134 Å². The minimum atomic E-state index is -0.137. The molecule has 1 N–H and O–H groups in total. The maximum absolute atomic E-state index is 12.6. The molecule has 0 fully saturated rings. The highest BCUT2D eigenvalue weighted by atomic mass is 35.5. The third-order valence-electron chi connectivity index (χ3n) is 3.90. The number of amides is 1. The fourth-order valence-electron chi connectivity index (χ4n) is 2.68. The maximum Gasteiger partial charge on any atom is 0.272 e. The molecule has 3 aromatic rings. The van der Waals surface area contributed by atoms with Gasteiger partial charge in [0.15, 0.2) is 0 Å². The van der Waals surface area contributed by atoms with Crippen LogP contribution < -0.4 is 5.32 Å². The molecule has 112 valence electrons. The molecule has 3 nitrogen and oxygen atoms in total. The molecule has 3 rings (SSSR count). The van der Waals surface area contributed by atoms with Crippen molar-refractivity contribution in [3.8, 4) is 0 Å². The van der Waals surface area contributed by atoms with Crippen molar-refractivity contribution in [3.63, 3.8) is 0 Å². The number of carbonyl (C=O) groups excluding carboxylic acids is 1. The quantitative estimate of drug-likeness (QED) is 0.731. The van der Waals surface area contributed by atoms with Gasteiger partial charge in [0.2, 0.25) is 0 Å². The fourth-order valence-corrected chi connectivity index (χ4v) is 2.91. The standard InChI is InChI=1S/C18H17ClN2O/c1-11-7-8-15(12(2)9-11)20-18(22)17-10-13-14(19)5-4-6-16(13)21(17)3/h4-10H,1-3H3,(H,20,22). The van der Waals surface area contributed by atoms with Crippen molar-refractivity contribution in [2.75, 3.05) is 5.32 Å². The van der Waals surface area contributed by atoms with Crippen molar-refractivity contribution >= 4 is 34.1 Å². The number of aromatic nitrogens is 1. The number of fused-ring (bicyclic) bond motifs is 1. The van der Waals surface area contributed by atoms with E-state index in [1.165, 1.54) is 5.56 Å². The molecule has 22 heavy (non-hydrogen) atoms. The van der Waals surface area contributed by atoms with Crippen LogP contribution in [0.5, 0.6) is 0 Å². The Morgan fingerprint density at radius 1 is 1.14 bits per heavy atom. The van der Waals surface area contributed by atoms with E-state index in [1.807, 2.05) is 67.9 Å². The first-order chi connectivity index (χ1) is 10.5. The number of benzene rings is 2. The number of nitrogens with zero attached hydrogens (tertiary/aromatic N) is 1. The molecule has 4 heteroatoms. The summed E-state index contributed by atoms with van der Waals surface area (Å²) in [6.45, 7) is 4.02. The van der Waals surface area contributed by atoms with Crippen LogP contribution in [0, 0.1) is 13.8 Å². The lowest BCUT2D eigenvalue weighted by Crippen LogP contribution is -2.16. The zero-order valence-electron chi connectivity index (χ0n) is 12.8. The monoisotopic (exact) mass is 312 g/mol. The van der Waals surface area contributed by atoms with Crippen LogP contribution in [0.4, 0.5) is 5.69 Å². The van der Waals surface area contributed by atoms with Gasteiger partial charge in [-0.3, -0.25) is 4.79 Å². The van der Waals surface area contributed by atoms with E-state index in [-0.39, 0.29) is 5.91 Å². The molecule has 0 saturated heterocycles. The van der Waals surface area contributed by atoms with E-state index in [0.29, 0.717) is 10.7 Å². The number of aryl methyl sites for hydroxylation is 3. The van der Waals surface area contributed by atoms with Gasteiger partial charge in [0.25, 0.3) is 5.91 Å². The summed E-state index contributed by atoms with van der Waals surface area (Å²) in [6, 6.07) is 13.5. The van der Waals surface area contributed by atoms with E-state index in [1.54, 1.807) is 0 Å². The van der Waals surface area contributed by atoms with Gasteiger partial charge in [0.1, 0.15) is 5.69 Å². The number of hydrogen-bond donors (Lipinski definition) is 1. The molecule has 2 aromatic carbocycles. The molecule has 1 aromatic heterocycles. The normalized spacial score (nSPS) is 10.9. The second kappa shape index (κ2) is 5.50. The second-order valence-corrected chi connectivity index (χ2v) is 5.94. The molecule has 0 spiro atoms. The number of rotatable bonds is 2. The molecule has 0 aliphatic heterocycles. The van der Waals surface area contributed by atoms with Crippen LogP contribution in [0.25, 0.3) is 10.9 Å². The van der Waals surface area contributed by atoms with E-state index in [0.717, 1.165) is 22.2 Å². The second-order valence-electron chi connectivity index (χ2n) is 5.53. The molecule has 1 heterocycles. The lowest BCUT2D eigenvalue weighted by molar-refractivity contribution is 0.101. The van der Waals surface area contributed by atoms with Crippen LogP contribution in [0.2, 0.25) is 5.02 Å². The summed E-state index contributed by atoms with van der Waals surface area (Å²) in [4.78, 5) is 12.6. The van der Waals surface area contributed by atoms with Gasteiger partial charge < -0.3 is 9.88 Å². The molecule has 0 atom stereocenters. The Morgan fingerprint density at radius 3 is 2.59 bits per heavy atom. The first kappa shape index (κ1) is 14.7. The number of hydrogen-bond acceptors (Lipinski definition) is 1. The van der Waals surface area contributed by atoms with Crippen LogP contribution >= 0.6 is 11.6 Å². The summed E-state index contributed by atoms with van der Waals surface area (Å²) in [5, 5.41) is 4.51. The van der Waals surface area contributed by atoms with E-state index >= 15 is 0 Å². The Balaban J connectivity index is 1.99. The summed E-state index contributed by atoms with van der Waals surface area (Å²) >= 11 is 6.20. The first-order valence-corrected chi connectivity index (χ1v) is 7.47. The average Bonchev–Trinajstić information content (AvgIpc) is 2.81. The highest BCUT2D eigenvalue weighted by molar-refractivity contribution is 6.35. The van der Waals surface area contributed by atoms with E-state index in [2.05, 4.69) is 5.32 Å². The van der Waals surface area contributed by atoms with Gasteiger partial charge >= 0.3 is 0 Å². The molecule has 0 bridgehead atoms. The van der Waals surface area contributed by atoms with Gasteiger partial charge in [-0.05, 0) is 43.7 Å². The van der Waals surface area contributed by atoms with Gasteiger partial charge in [-0.25, -0.2) is 0 Å². The van der Waals surface area contributed by atoms with Crippen LogP contribution in [0.1, 0.15) is 21.6 Å². The highest BCUT2D eigenvalue weighted by Gasteiger charge is 2.15. The third kappa shape index (κ3) is 2.48. The van der Waals surface area contributed by atoms with Gasteiger partial charge in [0.05, 0.1) is 0 Å². The summed E-state index contributed by atoms with van der Waals surface area (Å²) in [7, 11) is 1.87. The van der Waals surface area contributed by atoms with Crippen LogP contribution in [-0.2, 0) is 7.05 Å². The lowest BCUT2D eigenvalue weighted by Gasteiger charge is -2.10. The van der Waals surface area contributed by atoms with Crippen molar-refractivity contribution < 1.29 is 4.79 Å². The van der Waals surface area contributed by atoms with Gasteiger partial charge in [-0.2, -0.15) is 0 Å². The van der Waals surface area contributed by atoms with Crippen molar-refractivity contribution in [3.05, 3.63) is 64.3 Å². The van der Waals surface area contributed by atoms with Crippen molar-refractivity contribution in [2.24, 2.45) is 7.05 Å². The predicted molar refractivity (Wildman–Crippen MR) is 91.8 cm³/mol.